The van der Waals surface area contributed by atoms with Crippen molar-refractivity contribution < 1.29 is 9.59 Å². The number of nitrogens with one attached hydrogen (secondary N) is 1. The van der Waals surface area contributed by atoms with Crippen LogP contribution in [0.15, 0.2) is 18.3 Å². The molecule has 1 heterocycles. The van der Waals surface area contributed by atoms with E-state index in [-0.39, 0.29) is 24.0 Å². The van der Waals surface area contributed by atoms with Crippen LogP contribution in [0.4, 0.5) is 0 Å². The van der Waals surface area contributed by atoms with Gasteiger partial charge in [0.2, 0.25) is 5.91 Å². The second kappa shape index (κ2) is 5.31. The molecule has 0 spiro atoms. The van der Waals surface area contributed by atoms with E-state index in [1.54, 1.807) is 0 Å². The lowest BCUT2D eigenvalue weighted by Gasteiger charge is -2.03. The van der Waals surface area contributed by atoms with E-state index < -0.39 is 5.91 Å². The van der Waals surface area contributed by atoms with Gasteiger partial charge in [0, 0.05) is 24.7 Å². The molecule has 0 fully saturated rings. The largest absolute Gasteiger partial charge is 0.370 e. The molecule has 0 aliphatic heterocycles. The van der Waals surface area contributed by atoms with Gasteiger partial charge in [0.15, 0.2) is 0 Å². The maximum atomic E-state index is 11.4. The number of carbonyl (C=O) groups excluding carboxylic acids is 2. The Labute approximate surface area is 91.6 Å². The second-order valence-corrected chi connectivity index (χ2v) is 3.23. The number of nitrogens with two attached hydrogens (primary N) is 1. The Bertz CT molecular complexity index is 381. The molecule has 0 atom stereocenters. The first-order valence-corrected chi connectivity index (χ1v) is 4.65. The minimum absolute atomic E-state index is 0.116. The van der Waals surface area contributed by atoms with E-state index in [1.807, 2.05) is 0 Å². The van der Waals surface area contributed by atoms with E-state index in [0.717, 1.165) is 0 Å². The summed E-state index contributed by atoms with van der Waals surface area (Å²) in [4.78, 5) is 25.6. The Balaban J connectivity index is 2.50. The molecule has 0 aromatic carbocycles. The summed E-state index contributed by atoms with van der Waals surface area (Å²) in [5.74, 6) is -0.761. The Morgan fingerprint density at radius 1 is 1.53 bits per heavy atom. The molecular weight excluding hydrogens is 218 g/mol. The van der Waals surface area contributed by atoms with E-state index in [2.05, 4.69) is 10.3 Å². The quantitative estimate of drug-likeness (QED) is 0.728. The van der Waals surface area contributed by atoms with Crippen molar-refractivity contribution >= 4 is 23.4 Å². The van der Waals surface area contributed by atoms with Crippen LogP contribution in [0, 0.1) is 0 Å². The lowest BCUT2D eigenvalue weighted by Crippen LogP contribution is -2.27. The van der Waals surface area contributed by atoms with Crippen LogP contribution in [0.2, 0.25) is 5.15 Å². The summed E-state index contributed by atoms with van der Waals surface area (Å²) in [5, 5.41) is 2.78. The highest BCUT2D eigenvalue weighted by Gasteiger charge is 2.05. The fraction of sp³-hybridized carbons (Fsp3) is 0.222. The van der Waals surface area contributed by atoms with Gasteiger partial charge < -0.3 is 11.1 Å². The number of hydrogen-bond donors (Lipinski definition) is 2. The van der Waals surface area contributed by atoms with Crippen molar-refractivity contribution in [3.63, 3.8) is 0 Å². The summed E-state index contributed by atoms with van der Waals surface area (Å²) in [6.45, 7) is 0.216. The number of primary amides is 1. The molecule has 0 unspecified atom stereocenters. The van der Waals surface area contributed by atoms with Gasteiger partial charge in [0.05, 0.1) is 0 Å². The van der Waals surface area contributed by atoms with Crippen LogP contribution in [-0.4, -0.2) is 23.3 Å². The Morgan fingerprint density at radius 2 is 2.27 bits per heavy atom. The molecule has 0 aliphatic carbocycles. The van der Waals surface area contributed by atoms with Crippen LogP contribution in [0.3, 0.4) is 0 Å². The predicted molar refractivity (Wildman–Crippen MR) is 55.4 cm³/mol. The van der Waals surface area contributed by atoms with E-state index in [9.17, 15) is 9.59 Å². The second-order valence-electron chi connectivity index (χ2n) is 2.84. The molecule has 1 rings (SSSR count). The van der Waals surface area contributed by atoms with Gasteiger partial charge in [-0.15, -0.1) is 0 Å². The topological polar surface area (TPSA) is 85.1 Å². The van der Waals surface area contributed by atoms with Crippen LogP contribution in [0.25, 0.3) is 0 Å². The summed E-state index contributed by atoms with van der Waals surface area (Å²) in [6.07, 6.45) is 1.55. The summed E-state index contributed by atoms with van der Waals surface area (Å²) in [6, 6.07) is 2.98. The predicted octanol–water partition coefficient (Wildman–Crippen LogP) is 0.340. The van der Waals surface area contributed by atoms with Crippen molar-refractivity contribution in [1.82, 2.24) is 10.3 Å². The fourth-order valence-electron chi connectivity index (χ4n) is 0.945. The number of carbonyl (C=O) groups is 2. The number of rotatable bonds is 4. The number of pyridine rings is 1. The SMILES string of the molecule is NC(=O)CCNC(=O)c1ccnc(Cl)c1. The van der Waals surface area contributed by atoms with Gasteiger partial charge in [-0.25, -0.2) is 4.98 Å². The van der Waals surface area contributed by atoms with Gasteiger partial charge in [-0.3, -0.25) is 9.59 Å². The third-order valence-electron chi connectivity index (χ3n) is 1.65. The minimum Gasteiger partial charge on any atom is -0.370 e. The zero-order valence-corrected chi connectivity index (χ0v) is 8.62. The van der Waals surface area contributed by atoms with Gasteiger partial charge in [-0.2, -0.15) is 0 Å². The molecule has 3 N–H and O–H groups in total. The van der Waals surface area contributed by atoms with Gasteiger partial charge >= 0.3 is 0 Å². The zero-order valence-electron chi connectivity index (χ0n) is 7.87. The average molecular weight is 228 g/mol. The van der Waals surface area contributed by atoms with Crippen LogP contribution < -0.4 is 11.1 Å². The summed E-state index contributed by atoms with van der Waals surface area (Å²) in [5.41, 5.74) is 5.32. The molecule has 1 aromatic heterocycles. The average Bonchev–Trinajstić information content (AvgIpc) is 2.17. The molecule has 5 nitrogen and oxygen atoms in total. The van der Waals surface area contributed by atoms with Gasteiger partial charge in [-0.1, -0.05) is 11.6 Å². The number of hydrogen-bond acceptors (Lipinski definition) is 3. The Kier molecular flexibility index (Phi) is 4.05. The van der Waals surface area contributed by atoms with E-state index in [4.69, 9.17) is 17.3 Å². The first-order valence-electron chi connectivity index (χ1n) is 4.27. The van der Waals surface area contributed by atoms with E-state index in [0.29, 0.717) is 5.56 Å². The van der Waals surface area contributed by atoms with Gasteiger partial charge in [0.1, 0.15) is 5.15 Å². The smallest absolute Gasteiger partial charge is 0.251 e. The van der Waals surface area contributed by atoms with E-state index >= 15 is 0 Å². The highest BCUT2D eigenvalue weighted by molar-refractivity contribution is 6.29. The molecule has 1 aromatic rings. The third kappa shape index (κ3) is 3.95. The van der Waals surface area contributed by atoms with Gasteiger partial charge in [-0.05, 0) is 12.1 Å². The van der Waals surface area contributed by atoms with E-state index in [1.165, 1.54) is 18.3 Å². The molecular formula is C9H10ClN3O2. The van der Waals surface area contributed by atoms with Crippen molar-refractivity contribution in [2.75, 3.05) is 6.54 Å². The fourth-order valence-corrected chi connectivity index (χ4v) is 1.12. The summed E-state index contributed by atoms with van der Waals surface area (Å²) < 4.78 is 0. The monoisotopic (exact) mass is 227 g/mol. The lowest BCUT2D eigenvalue weighted by molar-refractivity contribution is -0.117. The highest BCUT2D eigenvalue weighted by atomic mass is 35.5. The molecule has 15 heavy (non-hydrogen) atoms. The number of nitrogens with zero attached hydrogens (tertiary/aromatic N) is 1. The van der Waals surface area contributed by atoms with Crippen LogP contribution in [0.1, 0.15) is 16.8 Å². The molecule has 0 aliphatic rings. The molecule has 80 valence electrons. The number of aromatic nitrogens is 1. The van der Waals surface area contributed by atoms with Crippen LogP contribution in [0.5, 0.6) is 0 Å². The Hall–Kier alpha value is -1.62. The molecule has 2 amide bonds. The summed E-state index contributed by atoms with van der Waals surface area (Å²) >= 11 is 5.61. The first-order chi connectivity index (χ1) is 7.09. The first kappa shape index (κ1) is 11.5. The summed E-state index contributed by atoms with van der Waals surface area (Å²) in [7, 11) is 0. The van der Waals surface area contributed by atoms with Crippen molar-refractivity contribution in [2.45, 2.75) is 6.42 Å². The van der Waals surface area contributed by atoms with Gasteiger partial charge in [0.25, 0.3) is 5.91 Å². The molecule has 6 heteroatoms. The van der Waals surface area contributed by atoms with Crippen molar-refractivity contribution in [2.24, 2.45) is 5.73 Å². The van der Waals surface area contributed by atoms with Crippen LogP contribution in [-0.2, 0) is 4.79 Å². The zero-order chi connectivity index (χ0) is 11.3. The Morgan fingerprint density at radius 3 is 2.87 bits per heavy atom. The maximum absolute atomic E-state index is 11.4. The molecule has 0 saturated carbocycles. The van der Waals surface area contributed by atoms with Crippen LogP contribution >= 0.6 is 11.6 Å². The minimum atomic E-state index is -0.455. The number of amides is 2. The maximum Gasteiger partial charge on any atom is 0.251 e. The molecule has 0 bridgehead atoms. The van der Waals surface area contributed by atoms with Crippen molar-refractivity contribution in [3.05, 3.63) is 29.0 Å². The van der Waals surface area contributed by atoms with Crippen molar-refractivity contribution in [3.8, 4) is 0 Å². The van der Waals surface area contributed by atoms with Crippen molar-refractivity contribution in [1.29, 1.82) is 0 Å². The normalized spacial score (nSPS) is 9.67. The third-order valence-corrected chi connectivity index (χ3v) is 1.85. The molecule has 0 radical (unpaired) electrons. The number of halogens is 1. The molecule has 0 saturated heterocycles. The lowest BCUT2D eigenvalue weighted by atomic mass is 10.2. The highest BCUT2D eigenvalue weighted by Crippen LogP contribution is 2.06. The standard InChI is InChI=1S/C9H10ClN3O2/c10-7-5-6(1-3-12-7)9(15)13-4-2-8(11)14/h1,3,5H,2,4H2,(H2,11,14)(H,13,15).